The molecule has 5 fully saturated rings. The first kappa shape index (κ1) is 21.1. The van der Waals surface area contributed by atoms with Crippen LogP contribution in [0.15, 0.2) is 0 Å². The molecule has 1 saturated carbocycles. The van der Waals surface area contributed by atoms with Gasteiger partial charge in [-0.3, -0.25) is 20.4 Å². The first-order chi connectivity index (χ1) is 14.5. The van der Waals surface area contributed by atoms with Gasteiger partial charge >= 0.3 is 0 Å². The molecule has 6 atom stereocenters. The average molecular weight is 422 g/mol. The predicted octanol–water partition coefficient (Wildman–Crippen LogP) is -0.322. The minimum absolute atomic E-state index is 0.0717. The van der Waals surface area contributed by atoms with E-state index in [0.29, 0.717) is 18.1 Å². The highest BCUT2D eigenvalue weighted by Crippen LogP contribution is 2.47. The standard InChI is InChI=1S/C21H39N7O2/c1-14-8-17(28-18(24-14)6-7-23-28)20(29)25-16-5-3-4-15(9-16)21(11-30-12-21)10-19-26-22-13-27(19)2/h14-19,22-24,26H,3-13H2,1-2H3,(H,25,29). The van der Waals surface area contributed by atoms with Gasteiger partial charge in [0.15, 0.2) is 0 Å². The van der Waals surface area contributed by atoms with E-state index < -0.39 is 0 Å². The number of carbonyl (C=O) groups is 1. The summed E-state index contributed by atoms with van der Waals surface area (Å²) < 4.78 is 5.73. The zero-order chi connectivity index (χ0) is 20.7. The fourth-order valence-electron chi connectivity index (χ4n) is 6.31. The molecule has 30 heavy (non-hydrogen) atoms. The summed E-state index contributed by atoms with van der Waals surface area (Å²) in [5, 5.41) is 9.21. The number of hydrogen-bond acceptors (Lipinski definition) is 8. The number of hydrazine groups is 2. The number of nitrogens with one attached hydrogen (secondary N) is 5. The first-order valence-corrected chi connectivity index (χ1v) is 11.9. The summed E-state index contributed by atoms with van der Waals surface area (Å²) in [5.41, 5.74) is 10.3. The van der Waals surface area contributed by atoms with Gasteiger partial charge in [0.1, 0.15) is 6.04 Å². The molecule has 0 aromatic heterocycles. The van der Waals surface area contributed by atoms with E-state index >= 15 is 0 Å². The summed E-state index contributed by atoms with van der Waals surface area (Å²) in [7, 11) is 2.16. The lowest BCUT2D eigenvalue weighted by molar-refractivity contribution is -0.166. The van der Waals surface area contributed by atoms with Crippen molar-refractivity contribution in [2.75, 3.05) is 33.5 Å². The zero-order valence-electron chi connectivity index (χ0n) is 18.5. The molecular formula is C21H39N7O2. The van der Waals surface area contributed by atoms with E-state index in [0.717, 1.165) is 58.5 Å². The number of carbonyl (C=O) groups excluding carboxylic acids is 1. The number of rotatable bonds is 5. The Kier molecular flexibility index (Phi) is 6.05. The third kappa shape index (κ3) is 4.01. The van der Waals surface area contributed by atoms with E-state index in [4.69, 9.17) is 4.74 Å². The largest absolute Gasteiger partial charge is 0.380 e. The fourth-order valence-corrected chi connectivity index (χ4v) is 6.31. The zero-order valence-corrected chi connectivity index (χ0v) is 18.5. The van der Waals surface area contributed by atoms with Crippen molar-refractivity contribution in [2.45, 2.75) is 82.3 Å². The van der Waals surface area contributed by atoms with E-state index in [1.165, 1.54) is 12.8 Å². The molecule has 1 aliphatic carbocycles. The molecule has 0 spiro atoms. The van der Waals surface area contributed by atoms with Crippen LogP contribution in [0.2, 0.25) is 0 Å². The molecule has 0 radical (unpaired) electrons. The molecule has 9 nitrogen and oxygen atoms in total. The second-order valence-electron chi connectivity index (χ2n) is 10.3. The van der Waals surface area contributed by atoms with E-state index in [9.17, 15) is 4.79 Å². The van der Waals surface area contributed by atoms with Crippen LogP contribution < -0.4 is 26.9 Å². The predicted molar refractivity (Wildman–Crippen MR) is 114 cm³/mol. The van der Waals surface area contributed by atoms with Gasteiger partial charge in [0.25, 0.3) is 0 Å². The Morgan fingerprint density at radius 2 is 2.10 bits per heavy atom. The van der Waals surface area contributed by atoms with Crippen molar-refractivity contribution in [3.8, 4) is 0 Å². The molecule has 5 rings (SSSR count). The van der Waals surface area contributed by atoms with Crippen LogP contribution in [0.4, 0.5) is 0 Å². The fraction of sp³-hybridized carbons (Fsp3) is 0.952. The maximum Gasteiger partial charge on any atom is 0.239 e. The summed E-state index contributed by atoms with van der Waals surface area (Å²) in [4.78, 5) is 15.6. The molecular weight excluding hydrogens is 382 g/mol. The van der Waals surface area contributed by atoms with Crippen LogP contribution in [0.3, 0.4) is 0 Å². The van der Waals surface area contributed by atoms with Crippen LogP contribution in [0, 0.1) is 11.3 Å². The topological polar surface area (TPSA) is 92.9 Å². The van der Waals surface area contributed by atoms with E-state index in [1.54, 1.807) is 0 Å². The third-order valence-electron chi connectivity index (χ3n) is 8.13. The van der Waals surface area contributed by atoms with Crippen molar-refractivity contribution in [3.63, 3.8) is 0 Å². The molecule has 0 aromatic carbocycles. The monoisotopic (exact) mass is 421 g/mol. The third-order valence-corrected chi connectivity index (χ3v) is 8.13. The summed E-state index contributed by atoms with van der Waals surface area (Å²) in [6, 6.07) is 0.589. The molecule has 5 N–H and O–H groups in total. The van der Waals surface area contributed by atoms with Crippen molar-refractivity contribution in [3.05, 3.63) is 0 Å². The summed E-state index contributed by atoms with van der Waals surface area (Å²) >= 11 is 0. The Balaban J connectivity index is 1.20. The van der Waals surface area contributed by atoms with Crippen LogP contribution in [-0.2, 0) is 9.53 Å². The van der Waals surface area contributed by atoms with Gasteiger partial charge in [-0.25, -0.2) is 15.9 Å². The Labute approximate surface area is 179 Å². The van der Waals surface area contributed by atoms with Crippen LogP contribution in [0.5, 0.6) is 0 Å². The quantitative estimate of drug-likeness (QED) is 0.413. The minimum Gasteiger partial charge on any atom is -0.380 e. The van der Waals surface area contributed by atoms with Crippen LogP contribution in [-0.4, -0.2) is 79.7 Å². The Hall–Kier alpha value is -0.810. The maximum atomic E-state index is 13.2. The van der Waals surface area contributed by atoms with Gasteiger partial charge in [0.05, 0.1) is 32.2 Å². The minimum atomic E-state index is -0.0717. The van der Waals surface area contributed by atoms with Crippen molar-refractivity contribution in [1.29, 1.82) is 0 Å². The maximum absolute atomic E-state index is 13.2. The summed E-state index contributed by atoms with van der Waals surface area (Å²) in [5.74, 6) is 0.819. The molecule has 6 unspecified atom stereocenters. The molecule has 9 heteroatoms. The number of amides is 1. The van der Waals surface area contributed by atoms with Crippen molar-refractivity contribution < 1.29 is 9.53 Å². The van der Waals surface area contributed by atoms with Crippen molar-refractivity contribution in [2.24, 2.45) is 11.3 Å². The van der Waals surface area contributed by atoms with E-state index in [1.807, 2.05) is 0 Å². The van der Waals surface area contributed by atoms with Crippen molar-refractivity contribution in [1.82, 2.24) is 36.8 Å². The lowest BCUT2D eigenvalue weighted by atomic mass is 9.64. The van der Waals surface area contributed by atoms with E-state index in [2.05, 4.69) is 50.8 Å². The van der Waals surface area contributed by atoms with Crippen LogP contribution in [0.1, 0.15) is 51.9 Å². The Morgan fingerprint density at radius 1 is 1.23 bits per heavy atom. The Bertz CT molecular complexity index is 630. The van der Waals surface area contributed by atoms with Crippen LogP contribution >= 0.6 is 0 Å². The SMILES string of the molecule is CC1CC(C(=O)NC2CCCC(C3(CC4NNCN4C)COC3)C2)N2NCCC2N1. The van der Waals surface area contributed by atoms with Gasteiger partial charge in [-0.05, 0) is 58.4 Å². The first-order valence-electron chi connectivity index (χ1n) is 11.9. The molecule has 4 aliphatic heterocycles. The molecule has 1 amide bonds. The molecule has 5 aliphatic rings. The van der Waals surface area contributed by atoms with Gasteiger partial charge in [0, 0.05) is 24.0 Å². The second kappa shape index (κ2) is 8.61. The molecule has 170 valence electrons. The van der Waals surface area contributed by atoms with Crippen molar-refractivity contribution >= 4 is 5.91 Å². The lowest BCUT2D eigenvalue weighted by Crippen LogP contribution is -2.64. The number of hydrogen-bond donors (Lipinski definition) is 5. The molecule has 0 aromatic rings. The lowest BCUT2D eigenvalue weighted by Gasteiger charge is -2.51. The number of nitrogens with zero attached hydrogens (tertiary/aromatic N) is 2. The van der Waals surface area contributed by atoms with Gasteiger partial charge in [-0.2, -0.15) is 0 Å². The number of ether oxygens (including phenoxy) is 1. The van der Waals surface area contributed by atoms with Gasteiger partial charge < -0.3 is 10.1 Å². The number of fused-ring (bicyclic) bond motifs is 1. The Morgan fingerprint density at radius 3 is 2.83 bits per heavy atom. The average Bonchev–Trinajstić information content (AvgIpc) is 3.32. The van der Waals surface area contributed by atoms with E-state index in [-0.39, 0.29) is 29.6 Å². The summed E-state index contributed by atoms with van der Waals surface area (Å²) in [6.07, 6.45) is 8.28. The highest BCUT2D eigenvalue weighted by atomic mass is 16.5. The summed E-state index contributed by atoms with van der Waals surface area (Å²) in [6.45, 7) is 5.73. The second-order valence-corrected chi connectivity index (χ2v) is 10.3. The van der Waals surface area contributed by atoms with Crippen LogP contribution in [0.25, 0.3) is 0 Å². The molecule has 0 bridgehead atoms. The molecule has 4 saturated heterocycles. The normalized spacial score (nSPS) is 41.9. The highest BCUT2D eigenvalue weighted by Gasteiger charge is 2.49. The van der Waals surface area contributed by atoms with Gasteiger partial charge in [-0.1, -0.05) is 6.42 Å². The van der Waals surface area contributed by atoms with Gasteiger partial charge in [0.2, 0.25) is 5.91 Å². The van der Waals surface area contributed by atoms with Gasteiger partial charge in [-0.15, -0.1) is 0 Å². The smallest absolute Gasteiger partial charge is 0.239 e. The highest BCUT2D eigenvalue weighted by molar-refractivity contribution is 5.82. The molecule has 4 heterocycles.